The molecule has 0 aliphatic heterocycles. The number of ketones is 1. The molecule has 0 saturated carbocycles. The number of aromatic nitrogens is 1. The number of hydrogen-bond acceptors (Lipinski definition) is 5. The molecule has 2 heterocycles. The van der Waals surface area contributed by atoms with Crippen LogP contribution in [0.1, 0.15) is 46.0 Å². The van der Waals surface area contributed by atoms with Crippen molar-refractivity contribution in [2.24, 2.45) is 0 Å². The van der Waals surface area contributed by atoms with Crippen LogP contribution in [0.15, 0.2) is 70.5 Å². The van der Waals surface area contributed by atoms with Crippen LogP contribution in [0.5, 0.6) is 0 Å². The molecule has 4 rings (SSSR count). The summed E-state index contributed by atoms with van der Waals surface area (Å²) in [5.74, 6) is -0.703. The zero-order chi connectivity index (χ0) is 22.7. The summed E-state index contributed by atoms with van der Waals surface area (Å²) in [7, 11) is 0. The number of hydrogen-bond donors (Lipinski definition) is 0. The molecule has 1 atom stereocenters. The second kappa shape index (κ2) is 9.76. The van der Waals surface area contributed by atoms with Gasteiger partial charge >= 0.3 is 5.97 Å². The summed E-state index contributed by atoms with van der Waals surface area (Å²) in [5, 5.41) is 2.67. The molecule has 6 heteroatoms. The van der Waals surface area contributed by atoms with Gasteiger partial charge in [-0.25, -0.2) is 9.78 Å². The third-order valence-corrected chi connectivity index (χ3v) is 6.56. The number of Topliss-reactive ketones (excluding diaryl/α,β-unsaturated/α-hetero) is 1. The van der Waals surface area contributed by atoms with Gasteiger partial charge in [0.05, 0.1) is 21.7 Å². The highest BCUT2D eigenvalue weighted by Crippen LogP contribution is 2.32. The monoisotopic (exact) mass is 507 g/mol. The minimum Gasteiger partial charge on any atom is -0.450 e. The molecule has 1 unspecified atom stereocenters. The van der Waals surface area contributed by atoms with Gasteiger partial charge in [0, 0.05) is 15.4 Å². The van der Waals surface area contributed by atoms with Gasteiger partial charge in [0.1, 0.15) is 0 Å². The lowest BCUT2D eigenvalue weighted by atomic mass is 10.0. The van der Waals surface area contributed by atoms with Crippen molar-refractivity contribution in [2.45, 2.75) is 32.8 Å². The van der Waals surface area contributed by atoms with Gasteiger partial charge in [0.25, 0.3) is 0 Å². The lowest BCUT2D eigenvalue weighted by molar-refractivity contribution is 0.0268. The van der Waals surface area contributed by atoms with Crippen LogP contribution in [0, 0.1) is 6.92 Å². The third-order valence-electron chi connectivity index (χ3n) is 5.21. The quantitative estimate of drug-likeness (QED) is 0.195. The van der Waals surface area contributed by atoms with Gasteiger partial charge in [-0.15, -0.1) is 11.3 Å². The Morgan fingerprint density at radius 3 is 2.56 bits per heavy atom. The van der Waals surface area contributed by atoms with E-state index in [-0.39, 0.29) is 5.78 Å². The van der Waals surface area contributed by atoms with Crippen LogP contribution in [0.2, 0.25) is 0 Å². The van der Waals surface area contributed by atoms with Crippen LogP contribution >= 0.6 is 27.3 Å². The number of carbonyl (C=O) groups excluding carboxylic acids is 2. The Bertz CT molecular complexity index is 1270. The van der Waals surface area contributed by atoms with Crippen molar-refractivity contribution in [1.29, 1.82) is 0 Å². The molecule has 0 aliphatic carbocycles. The molecule has 0 amide bonds. The highest BCUT2D eigenvalue weighted by atomic mass is 79.9. The van der Waals surface area contributed by atoms with Gasteiger partial charge in [-0.2, -0.15) is 0 Å². The molecule has 0 bridgehead atoms. The highest BCUT2D eigenvalue weighted by Gasteiger charge is 2.26. The molecule has 2 aromatic carbocycles. The van der Waals surface area contributed by atoms with Crippen LogP contribution < -0.4 is 0 Å². The molecular formula is C26H22BrNO3S. The predicted octanol–water partition coefficient (Wildman–Crippen LogP) is 7.24. The molecule has 0 spiro atoms. The van der Waals surface area contributed by atoms with E-state index >= 15 is 0 Å². The summed E-state index contributed by atoms with van der Waals surface area (Å²) in [6.07, 6.45) is 0.346. The van der Waals surface area contributed by atoms with Gasteiger partial charge in [0.15, 0.2) is 6.10 Å². The number of aryl methyl sites for hydroxylation is 1. The first-order valence-electron chi connectivity index (χ1n) is 10.4. The van der Waals surface area contributed by atoms with Crippen molar-refractivity contribution >= 4 is 49.9 Å². The number of nitrogens with zero attached hydrogens (tertiary/aromatic N) is 1. The molecule has 0 aliphatic rings. The molecule has 0 radical (unpaired) electrons. The topological polar surface area (TPSA) is 56.3 Å². The van der Waals surface area contributed by atoms with Crippen LogP contribution in [0.4, 0.5) is 0 Å². The number of halogens is 1. The van der Waals surface area contributed by atoms with Gasteiger partial charge in [-0.05, 0) is 48.6 Å². The SMILES string of the molecule is CCCC(OC(=O)c1cc(-c2cccs2)nc2c(C)cc(Br)cc12)C(=O)c1ccccc1. The van der Waals surface area contributed by atoms with E-state index in [1.807, 2.05) is 61.7 Å². The molecule has 0 N–H and O–H groups in total. The molecule has 32 heavy (non-hydrogen) atoms. The number of rotatable bonds is 7. The van der Waals surface area contributed by atoms with Gasteiger partial charge in [0.2, 0.25) is 5.78 Å². The average molecular weight is 508 g/mol. The van der Waals surface area contributed by atoms with E-state index in [4.69, 9.17) is 9.72 Å². The number of ether oxygens (including phenoxy) is 1. The summed E-state index contributed by atoms with van der Waals surface area (Å²) in [6, 6.07) is 18.5. The molecule has 4 nitrogen and oxygen atoms in total. The fraction of sp³-hybridized carbons (Fsp3) is 0.192. The zero-order valence-electron chi connectivity index (χ0n) is 17.8. The fourth-order valence-electron chi connectivity index (χ4n) is 3.66. The van der Waals surface area contributed by atoms with E-state index in [2.05, 4.69) is 15.9 Å². The van der Waals surface area contributed by atoms with Gasteiger partial charge in [-0.3, -0.25) is 4.79 Å². The largest absolute Gasteiger partial charge is 0.450 e. The minimum atomic E-state index is -0.837. The van der Waals surface area contributed by atoms with E-state index in [0.717, 1.165) is 26.9 Å². The van der Waals surface area contributed by atoms with E-state index in [1.165, 1.54) is 0 Å². The number of benzene rings is 2. The number of pyridine rings is 1. The second-order valence-electron chi connectivity index (χ2n) is 7.56. The van der Waals surface area contributed by atoms with Crippen molar-refractivity contribution in [3.05, 3.63) is 87.2 Å². The summed E-state index contributed by atoms with van der Waals surface area (Å²) in [6.45, 7) is 3.93. The highest BCUT2D eigenvalue weighted by molar-refractivity contribution is 9.10. The molecule has 162 valence electrons. The predicted molar refractivity (Wildman–Crippen MR) is 132 cm³/mol. The first-order valence-corrected chi connectivity index (χ1v) is 12.1. The molecular weight excluding hydrogens is 486 g/mol. The van der Waals surface area contributed by atoms with E-state index in [9.17, 15) is 9.59 Å². The first-order chi connectivity index (χ1) is 15.5. The van der Waals surface area contributed by atoms with Crippen LogP contribution in [0.25, 0.3) is 21.5 Å². The molecule has 0 saturated heterocycles. The summed E-state index contributed by atoms with van der Waals surface area (Å²) >= 11 is 5.08. The van der Waals surface area contributed by atoms with Crippen molar-refractivity contribution < 1.29 is 14.3 Å². The molecule has 0 fully saturated rings. The minimum absolute atomic E-state index is 0.185. The summed E-state index contributed by atoms with van der Waals surface area (Å²) in [5.41, 5.74) is 3.35. The number of carbonyl (C=O) groups is 2. The van der Waals surface area contributed by atoms with Gasteiger partial charge < -0.3 is 4.74 Å². The zero-order valence-corrected chi connectivity index (χ0v) is 20.2. The fourth-order valence-corrected chi connectivity index (χ4v) is 4.92. The standard InChI is InChI=1S/C26H22BrNO3S/c1-3-8-22(25(29)17-9-5-4-6-10-17)31-26(30)20-15-21(23-11-7-12-32-23)28-24-16(2)13-18(27)14-19(20)24/h4-7,9-15,22H,3,8H2,1-2H3. The van der Waals surface area contributed by atoms with Crippen LogP contribution in [0.3, 0.4) is 0 Å². The van der Waals surface area contributed by atoms with Crippen molar-refractivity contribution in [3.8, 4) is 10.6 Å². The van der Waals surface area contributed by atoms with Crippen molar-refractivity contribution in [1.82, 2.24) is 4.98 Å². The lowest BCUT2D eigenvalue weighted by Crippen LogP contribution is -2.27. The summed E-state index contributed by atoms with van der Waals surface area (Å²) in [4.78, 5) is 32.2. The average Bonchev–Trinajstić information content (AvgIpc) is 3.33. The van der Waals surface area contributed by atoms with Crippen molar-refractivity contribution in [3.63, 3.8) is 0 Å². The second-order valence-corrected chi connectivity index (χ2v) is 9.43. The molecule has 4 aromatic rings. The number of thiophene rings is 1. The maximum absolute atomic E-state index is 13.4. The number of esters is 1. The first kappa shape index (κ1) is 22.4. The van der Waals surface area contributed by atoms with E-state index in [0.29, 0.717) is 28.6 Å². The Morgan fingerprint density at radius 1 is 1.09 bits per heavy atom. The Hall–Kier alpha value is -2.83. The maximum atomic E-state index is 13.4. The Kier molecular flexibility index (Phi) is 6.82. The lowest BCUT2D eigenvalue weighted by Gasteiger charge is -2.18. The summed E-state index contributed by atoms with van der Waals surface area (Å²) < 4.78 is 6.68. The van der Waals surface area contributed by atoms with Crippen LogP contribution in [-0.4, -0.2) is 22.8 Å². The van der Waals surface area contributed by atoms with E-state index in [1.54, 1.807) is 29.5 Å². The third kappa shape index (κ3) is 4.66. The van der Waals surface area contributed by atoms with Crippen molar-refractivity contribution in [2.75, 3.05) is 0 Å². The Balaban J connectivity index is 1.77. The number of fused-ring (bicyclic) bond motifs is 1. The normalized spacial score (nSPS) is 12.0. The Morgan fingerprint density at radius 2 is 1.88 bits per heavy atom. The smallest absolute Gasteiger partial charge is 0.339 e. The van der Waals surface area contributed by atoms with E-state index < -0.39 is 12.1 Å². The Labute approximate surface area is 199 Å². The van der Waals surface area contributed by atoms with Gasteiger partial charge in [-0.1, -0.05) is 65.7 Å². The van der Waals surface area contributed by atoms with Crippen LogP contribution in [-0.2, 0) is 4.74 Å². The molecule has 2 aromatic heterocycles. The maximum Gasteiger partial charge on any atom is 0.339 e.